The summed E-state index contributed by atoms with van der Waals surface area (Å²) in [7, 11) is 0. The zero-order valence-corrected chi connectivity index (χ0v) is 13.7. The molecule has 0 fully saturated rings. The number of nitrogens with one attached hydrogen (secondary N) is 1. The lowest BCUT2D eigenvalue weighted by atomic mass is 9.96. The largest absolute Gasteiger partial charge is 0.325 e. The van der Waals surface area contributed by atoms with Crippen LogP contribution in [0, 0.1) is 11.6 Å². The topological polar surface area (TPSA) is 29.1 Å². The van der Waals surface area contributed by atoms with Gasteiger partial charge in [0.15, 0.2) is 0 Å². The van der Waals surface area contributed by atoms with Gasteiger partial charge < -0.3 is 5.32 Å². The number of carbonyl (C=O) groups is 1. The molecule has 0 unspecified atom stereocenters. The fraction of sp³-hybridized carbons (Fsp3) is 0.0952. The van der Waals surface area contributed by atoms with Gasteiger partial charge in [0.05, 0.1) is 5.92 Å². The molecule has 0 spiro atoms. The number of halogens is 2. The Labute approximate surface area is 145 Å². The van der Waals surface area contributed by atoms with Crippen LogP contribution in [0.4, 0.5) is 14.5 Å². The van der Waals surface area contributed by atoms with Crippen molar-refractivity contribution in [2.75, 3.05) is 5.32 Å². The molecule has 0 aliphatic heterocycles. The van der Waals surface area contributed by atoms with Crippen molar-refractivity contribution in [2.45, 2.75) is 12.8 Å². The van der Waals surface area contributed by atoms with Crippen LogP contribution in [0.15, 0.2) is 72.8 Å². The van der Waals surface area contributed by atoms with Crippen molar-refractivity contribution in [3.63, 3.8) is 0 Å². The van der Waals surface area contributed by atoms with E-state index in [-0.39, 0.29) is 11.7 Å². The fourth-order valence-electron chi connectivity index (χ4n) is 2.62. The van der Waals surface area contributed by atoms with Crippen LogP contribution in [0.25, 0.3) is 11.1 Å². The van der Waals surface area contributed by atoms with Crippen molar-refractivity contribution >= 4 is 11.6 Å². The first kappa shape index (κ1) is 16.8. The zero-order chi connectivity index (χ0) is 17.8. The maximum atomic E-state index is 14.5. The molecule has 25 heavy (non-hydrogen) atoms. The molecule has 0 radical (unpaired) electrons. The predicted molar refractivity (Wildman–Crippen MR) is 95.3 cm³/mol. The third-order valence-electron chi connectivity index (χ3n) is 4.06. The van der Waals surface area contributed by atoms with E-state index in [4.69, 9.17) is 0 Å². The minimum Gasteiger partial charge on any atom is -0.325 e. The second-order valence-electron chi connectivity index (χ2n) is 5.83. The molecule has 126 valence electrons. The van der Waals surface area contributed by atoms with Crippen molar-refractivity contribution in [3.05, 3.63) is 90.0 Å². The van der Waals surface area contributed by atoms with Crippen LogP contribution in [0.3, 0.4) is 0 Å². The van der Waals surface area contributed by atoms with Crippen molar-refractivity contribution < 1.29 is 13.6 Å². The normalized spacial score (nSPS) is 11.8. The second kappa shape index (κ2) is 7.26. The Balaban J connectivity index is 1.79. The number of benzene rings is 3. The molecular formula is C21H17F2NO. The molecule has 4 heteroatoms. The number of rotatable bonds is 4. The zero-order valence-electron chi connectivity index (χ0n) is 13.7. The van der Waals surface area contributed by atoms with E-state index in [1.807, 2.05) is 30.3 Å². The van der Waals surface area contributed by atoms with Gasteiger partial charge in [-0.3, -0.25) is 4.79 Å². The van der Waals surface area contributed by atoms with E-state index in [9.17, 15) is 13.6 Å². The van der Waals surface area contributed by atoms with Gasteiger partial charge >= 0.3 is 0 Å². The maximum absolute atomic E-state index is 14.5. The number of hydrogen-bond acceptors (Lipinski definition) is 1. The lowest BCUT2D eigenvalue weighted by molar-refractivity contribution is -0.117. The SMILES string of the molecule is C[C@@H](C(=O)Nc1cccc(F)c1)c1ccc(-c2ccccc2)c(F)c1. The van der Waals surface area contributed by atoms with Gasteiger partial charge in [0.2, 0.25) is 5.91 Å². The molecule has 0 aliphatic rings. The Morgan fingerprint density at radius 2 is 1.68 bits per heavy atom. The van der Waals surface area contributed by atoms with Crippen molar-refractivity contribution in [3.8, 4) is 11.1 Å². The first-order valence-electron chi connectivity index (χ1n) is 7.96. The smallest absolute Gasteiger partial charge is 0.231 e. The van der Waals surface area contributed by atoms with Gasteiger partial charge in [-0.2, -0.15) is 0 Å². The third-order valence-corrected chi connectivity index (χ3v) is 4.06. The molecule has 1 amide bonds. The van der Waals surface area contributed by atoms with Crippen LogP contribution in [0.1, 0.15) is 18.4 Å². The summed E-state index contributed by atoms with van der Waals surface area (Å²) >= 11 is 0. The highest BCUT2D eigenvalue weighted by molar-refractivity contribution is 5.95. The number of amides is 1. The Hall–Kier alpha value is -3.01. The molecule has 0 saturated carbocycles. The molecule has 0 saturated heterocycles. The molecule has 0 aliphatic carbocycles. The van der Waals surface area contributed by atoms with E-state index in [0.717, 1.165) is 5.56 Å². The quantitative estimate of drug-likeness (QED) is 0.681. The summed E-state index contributed by atoms with van der Waals surface area (Å²) < 4.78 is 27.7. The van der Waals surface area contributed by atoms with Crippen LogP contribution in [0.2, 0.25) is 0 Å². The minimum atomic E-state index is -0.567. The molecule has 2 nitrogen and oxygen atoms in total. The Morgan fingerprint density at radius 1 is 0.920 bits per heavy atom. The number of hydrogen-bond donors (Lipinski definition) is 1. The highest BCUT2D eigenvalue weighted by Crippen LogP contribution is 2.27. The average Bonchev–Trinajstić information content (AvgIpc) is 2.61. The van der Waals surface area contributed by atoms with Crippen molar-refractivity contribution in [2.24, 2.45) is 0 Å². The first-order chi connectivity index (χ1) is 12.0. The molecule has 3 aromatic rings. The van der Waals surface area contributed by atoms with E-state index >= 15 is 0 Å². The minimum absolute atomic E-state index is 0.322. The van der Waals surface area contributed by atoms with E-state index in [0.29, 0.717) is 16.8 Å². The van der Waals surface area contributed by atoms with Crippen molar-refractivity contribution in [1.82, 2.24) is 0 Å². The number of anilines is 1. The van der Waals surface area contributed by atoms with Gasteiger partial charge in [0, 0.05) is 11.3 Å². The van der Waals surface area contributed by atoms with Crippen LogP contribution in [0.5, 0.6) is 0 Å². The molecule has 0 aromatic heterocycles. The molecule has 3 aromatic carbocycles. The van der Waals surface area contributed by atoms with E-state index in [1.165, 1.54) is 24.3 Å². The Kier molecular flexibility index (Phi) is 4.89. The second-order valence-corrected chi connectivity index (χ2v) is 5.83. The van der Waals surface area contributed by atoms with E-state index in [2.05, 4.69) is 5.32 Å². The lowest BCUT2D eigenvalue weighted by Crippen LogP contribution is -2.19. The molecule has 1 N–H and O–H groups in total. The monoisotopic (exact) mass is 337 g/mol. The van der Waals surface area contributed by atoms with E-state index < -0.39 is 11.7 Å². The highest BCUT2D eigenvalue weighted by atomic mass is 19.1. The maximum Gasteiger partial charge on any atom is 0.231 e. The van der Waals surface area contributed by atoms with Crippen LogP contribution < -0.4 is 5.32 Å². The Bertz CT molecular complexity index is 893. The highest BCUT2D eigenvalue weighted by Gasteiger charge is 2.17. The summed E-state index contributed by atoms with van der Waals surface area (Å²) in [5.41, 5.74) is 2.20. The van der Waals surface area contributed by atoms with Gasteiger partial charge in [-0.15, -0.1) is 0 Å². The first-order valence-corrected chi connectivity index (χ1v) is 7.96. The fourth-order valence-corrected chi connectivity index (χ4v) is 2.62. The lowest BCUT2D eigenvalue weighted by Gasteiger charge is -2.14. The molecular weight excluding hydrogens is 320 g/mol. The third kappa shape index (κ3) is 3.91. The summed E-state index contributed by atoms with van der Waals surface area (Å²) in [6.07, 6.45) is 0. The van der Waals surface area contributed by atoms with Crippen LogP contribution in [-0.4, -0.2) is 5.91 Å². The van der Waals surface area contributed by atoms with Crippen LogP contribution >= 0.6 is 0 Å². The Morgan fingerprint density at radius 3 is 2.36 bits per heavy atom. The predicted octanol–water partition coefficient (Wildman–Crippen LogP) is 5.37. The molecule has 0 heterocycles. The standard InChI is InChI=1S/C21H17F2NO/c1-14(21(25)24-18-9-5-8-17(22)13-18)16-10-11-19(20(23)12-16)15-6-3-2-4-7-15/h2-14H,1H3,(H,24,25)/t14-/m1/s1. The molecule has 3 rings (SSSR count). The molecule has 0 bridgehead atoms. The van der Waals surface area contributed by atoms with Gasteiger partial charge in [0.25, 0.3) is 0 Å². The molecule has 1 atom stereocenters. The number of carbonyl (C=O) groups excluding carboxylic acids is 1. The van der Waals surface area contributed by atoms with Crippen LogP contribution in [-0.2, 0) is 4.79 Å². The van der Waals surface area contributed by atoms with Gasteiger partial charge in [-0.25, -0.2) is 8.78 Å². The van der Waals surface area contributed by atoms with E-state index in [1.54, 1.807) is 25.1 Å². The summed E-state index contributed by atoms with van der Waals surface area (Å²) in [4.78, 5) is 12.3. The summed E-state index contributed by atoms with van der Waals surface area (Å²) in [6, 6.07) is 19.7. The van der Waals surface area contributed by atoms with Gasteiger partial charge in [0.1, 0.15) is 11.6 Å². The summed E-state index contributed by atoms with van der Waals surface area (Å²) in [5.74, 6) is -1.70. The van der Waals surface area contributed by atoms with Gasteiger partial charge in [-0.1, -0.05) is 48.5 Å². The van der Waals surface area contributed by atoms with Gasteiger partial charge in [-0.05, 0) is 42.3 Å². The average molecular weight is 337 g/mol. The summed E-state index contributed by atoms with van der Waals surface area (Å²) in [5, 5.41) is 2.65. The van der Waals surface area contributed by atoms with Crippen molar-refractivity contribution in [1.29, 1.82) is 0 Å². The summed E-state index contributed by atoms with van der Waals surface area (Å²) in [6.45, 7) is 1.69.